The first-order chi connectivity index (χ1) is 33.2. The molecular formula is C61H45BN2O2S2. The first-order valence-electron chi connectivity index (χ1n) is 23.6. The lowest BCUT2D eigenvalue weighted by Gasteiger charge is -2.45. The van der Waals surface area contributed by atoms with Gasteiger partial charge >= 0.3 is 0 Å². The molecule has 0 fully saturated rings. The second-order valence-electron chi connectivity index (χ2n) is 19.6. The molecule has 9 aromatic carbocycles. The molecule has 0 saturated carbocycles. The van der Waals surface area contributed by atoms with Gasteiger partial charge in [0.2, 0.25) is 0 Å². The molecule has 326 valence electrons. The third-order valence-electron chi connectivity index (χ3n) is 14.4. The summed E-state index contributed by atoms with van der Waals surface area (Å²) in [5.74, 6) is 1.60. The van der Waals surface area contributed by atoms with E-state index in [-0.39, 0.29) is 12.1 Å². The van der Waals surface area contributed by atoms with E-state index in [1.807, 2.05) is 22.7 Å². The van der Waals surface area contributed by atoms with Crippen LogP contribution < -0.4 is 35.7 Å². The smallest absolute Gasteiger partial charge is 0.252 e. The summed E-state index contributed by atoms with van der Waals surface area (Å²) in [6.45, 7) is 10.0. The summed E-state index contributed by atoms with van der Waals surface area (Å²) in [5, 5.41) is 5.27. The first-order valence-corrected chi connectivity index (χ1v) is 25.2. The highest BCUT2D eigenvalue weighted by Crippen LogP contribution is 2.51. The van der Waals surface area contributed by atoms with E-state index in [0.717, 1.165) is 34.2 Å². The standard InChI is InChI=1S/C61H45BN2O2S2/c1-36-31-51-58-52(32-36)64(43-22-18-41(19-23-43)61(2,3)4)59-48(26-28-53-60(59)66-30-29-65-53)62(58)49-33-38(40-16-25-47-45-10-6-8-12-55(45)68-57(47)35-40)17-27-50(49)63(51)42-20-13-37(14-21-42)39-15-24-46-44-9-5-7-11-54(44)67-56(46)34-39/h5-28,31-35H,29-30H2,1-4H3. The quantitative estimate of drug-likeness (QED) is 0.164. The van der Waals surface area contributed by atoms with Crippen molar-refractivity contribution in [3.8, 4) is 33.8 Å². The second kappa shape index (κ2) is 14.8. The Balaban J connectivity index is 0.982. The van der Waals surface area contributed by atoms with E-state index >= 15 is 0 Å². The minimum absolute atomic E-state index is 0.0202. The van der Waals surface area contributed by atoms with E-state index in [9.17, 15) is 0 Å². The fraction of sp³-hybridized carbons (Fsp3) is 0.115. The largest absolute Gasteiger partial charge is 0.486 e. The number of fused-ring (bicyclic) bond motifs is 12. The fourth-order valence-corrected chi connectivity index (χ4v) is 13.5. The highest BCUT2D eigenvalue weighted by atomic mass is 32.1. The summed E-state index contributed by atoms with van der Waals surface area (Å²) < 4.78 is 18.3. The molecule has 0 amide bonds. The van der Waals surface area contributed by atoms with Crippen LogP contribution in [-0.4, -0.2) is 19.9 Å². The van der Waals surface area contributed by atoms with Crippen molar-refractivity contribution in [2.45, 2.75) is 33.1 Å². The van der Waals surface area contributed by atoms with Gasteiger partial charge in [0.25, 0.3) is 6.71 Å². The Bertz CT molecular complexity index is 3880. The third kappa shape index (κ3) is 6.05. The maximum atomic E-state index is 6.69. The number of aryl methyl sites for hydroxylation is 1. The summed E-state index contributed by atoms with van der Waals surface area (Å²) in [6, 6.07) is 66.2. The Morgan fingerprint density at radius 1 is 0.471 bits per heavy atom. The van der Waals surface area contributed by atoms with Gasteiger partial charge < -0.3 is 19.3 Å². The molecule has 0 unspecified atom stereocenters. The van der Waals surface area contributed by atoms with Crippen molar-refractivity contribution in [2.75, 3.05) is 23.0 Å². The zero-order chi connectivity index (χ0) is 45.4. The van der Waals surface area contributed by atoms with Gasteiger partial charge in [0.05, 0.1) is 5.69 Å². The number of nitrogens with zero attached hydrogens (tertiary/aromatic N) is 2. The predicted molar refractivity (Wildman–Crippen MR) is 292 cm³/mol. The summed E-state index contributed by atoms with van der Waals surface area (Å²) >= 11 is 3.74. The summed E-state index contributed by atoms with van der Waals surface area (Å²) in [6.07, 6.45) is 0. The zero-order valence-electron chi connectivity index (χ0n) is 38.3. The molecule has 68 heavy (non-hydrogen) atoms. The molecule has 0 N–H and O–H groups in total. The summed E-state index contributed by atoms with van der Waals surface area (Å²) in [4.78, 5) is 4.97. The van der Waals surface area contributed by atoms with Gasteiger partial charge in [-0.1, -0.05) is 124 Å². The number of ether oxygens (including phenoxy) is 2. The molecule has 3 aliphatic heterocycles. The molecule has 14 rings (SSSR count). The van der Waals surface area contributed by atoms with Gasteiger partial charge in [0.15, 0.2) is 11.5 Å². The lowest BCUT2D eigenvalue weighted by Crippen LogP contribution is -2.61. The summed E-state index contributed by atoms with van der Waals surface area (Å²) in [7, 11) is 0. The van der Waals surface area contributed by atoms with Crippen molar-refractivity contribution in [2.24, 2.45) is 0 Å². The van der Waals surface area contributed by atoms with Crippen molar-refractivity contribution < 1.29 is 9.47 Å². The number of hydrogen-bond acceptors (Lipinski definition) is 6. The van der Waals surface area contributed by atoms with E-state index in [1.54, 1.807) is 0 Å². The Labute approximate surface area is 404 Å². The van der Waals surface area contributed by atoms with Gasteiger partial charge in [0, 0.05) is 68.8 Å². The molecule has 0 saturated heterocycles. The minimum atomic E-state index is -0.0805. The van der Waals surface area contributed by atoms with Crippen molar-refractivity contribution in [1.29, 1.82) is 0 Å². The van der Waals surface area contributed by atoms with Crippen molar-refractivity contribution in [3.05, 3.63) is 187 Å². The number of rotatable bonds is 4. The van der Waals surface area contributed by atoms with Gasteiger partial charge in [-0.25, -0.2) is 0 Å². The molecule has 2 aromatic heterocycles. The van der Waals surface area contributed by atoms with Crippen LogP contribution in [0.4, 0.5) is 34.1 Å². The van der Waals surface area contributed by atoms with Gasteiger partial charge in [-0.3, -0.25) is 0 Å². The van der Waals surface area contributed by atoms with Crippen LogP contribution >= 0.6 is 22.7 Å². The highest BCUT2D eigenvalue weighted by Gasteiger charge is 2.45. The SMILES string of the molecule is Cc1cc2c3c(c1)N(c1ccc(C(C)(C)C)cc1)c1c(ccc4c1OCCO4)B3c1cc(-c3ccc4c(c3)sc3ccccc34)ccc1N2c1ccc(-c2ccc3c(c2)sc2ccccc23)cc1. The molecule has 0 aliphatic carbocycles. The maximum absolute atomic E-state index is 6.69. The minimum Gasteiger partial charge on any atom is -0.486 e. The first kappa shape index (κ1) is 39.8. The number of anilines is 6. The van der Waals surface area contributed by atoms with Gasteiger partial charge in [-0.15, -0.1) is 22.7 Å². The highest BCUT2D eigenvalue weighted by molar-refractivity contribution is 7.26. The predicted octanol–water partition coefficient (Wildman–Crippen LogP) is 15.2. The number of hydrogen-bond donors (Lipinski definition) is 0. The van der Waals surface area contributed by atoms with Crippen LogP contribution in [0, 0.1) is 6.92 Å². The molecular weight excluding hydrogens is 868 g/mol. The second-order valence-corrected chi connectivity index (χ2v) is 21.8. The van der Waals surface area contributed by atoms with E-state index in [2.05, 4.69) is 213 Å². The Hall–Kier alpha value is -7.32. The van der Waals surface area contributed by atoms with E-state index < -0.39 is 0 Å². The monoisotopic (exact) mass is 912 g/mol. The molecule has 0 atom stereocenters. The van der Waals surface area contributed by atoms with Crippen molar-refractivity contribution in [1.82, 2.24) is 0 Å². The van der Waals surface area contributed by atoms with E-state index in [1.165, 1.54) is 101 Å². The number of benzene rings is 9. The summed E-state index contributed by atoms with van der Waals surface area (Å²) in [5.41, 5.74) is 17.9. The van der Waals surface area contributed by atoms with Crippen LogP contribution in [0.2, 0.25) is 0 Å². The Morgan fingerprint density at radius 3 is 1.69 bits per heavy atom. The molecule has 0 spiro atoms. The van der Waals surface area contributed by atoms with Crippen LogP contribution in [0.15, 0.2) is 176 Å². The van der Waals surface area contributed by atoms with Gasteiger partial charge in [-0.05, 0) is 135 Å². The van der Waals surface area contributed by atoms with Crippen LogP contribution in [0.1, 0.15) is 31.9 Å². The lowest BCUT2D eigenvalue weighted by atomic mass is 9.33. The zero-order valence-corrected chi connectivity index (χ0v) is 39.9. The van der Waals surface area contributed by atoms with Crippen LogP contribution in [-0.2, 0) is 5.41 Å². The lowest BCUT2D eigenvalue weighted by molar-refractivity contribution is 0.172. The third-order valence-corrected chi connectivity index (χ3v) is 16.7. The topological polar surface area (TPSA) is 24.9 Å². The average molecular weight is 913 g/mol. The molecule has 4 nitrogen and oxygen atoms in total. The van der Waals surface area contributed by atoms with Crippen LogP contribution in [0.25, 0.3) is 62.6 Å². The average Bonchev–Trinajstić information content (AvgIpc) is 3.93. The maximum Gasteiger partial charge on any atom is 0.252 e. The molecule has 5 heterocycles. The van der Waals surface area contributed by atoms with Crippen LogP contribution in [0.3, 0.4) is 0 Å². The van der Waals surface area contributed by atoms with Gasteiger partial charge in [0.1, 0.15) is 13.2 Å². The molecule has 7 heteroatoms. The molecule has 11 aromatic rings. The Morgan fingerprint density at radius 2 is 1.01 bits per heavy atom. The molecule has 0 bridgehead atoms. The Kier molecular flexibility index (Phi) is 8.69. The normalized spacial score (nSPS) is 13.9. The van der Waals surface area contributed by atoms with Crippen LogP contribution in [0.5, 0.6) is 11.5 Å². The van der Waals surface area contributed by atoms with E-state index in [0.29, 0.717) is 13.2 Å². The van der Waals surface area contributed by atoms with Gasteiger partial charge in [-0.2, -0.15) is 0 Å². The van der Waals surface area contributed by atoms with E-state index in [4.69, 9.17) is 9.47 Å². The molecule has 0 radical (unpaired) electrons. The number of thiophene rings is 2. The van der Waals surface area contributed by atoms with Crippen molar-refractivity contribution >= 4 is 120 Å². The molecule has 3 aliphatic rings. The van der Waals surface area contributed by atoms with Crippen molar-refractivity contribution in [3.63, 3.8) is 0 Å². The fourth-order valence-electron chi connectivity index (χ4n) is 11.2.